The second-order valence-corrected chi connectivity index (χ2v) is 5.34. The summed E-state index contributed by atoms with van der Waals surface area (Å²) in [6.07, 6.45) is -1.19. The minimum atomic E-state index is -1.19. The zero-order chi connectivity index (χ0) is 20.0. The van der Waals surface area contributed by atoms with Gasteiger partial charge in [0.1, 0.15) is 6.07 Å². The molecule has 2 aromatic rings. The van der Waals surface area contributed by atoms with Gasteiger partial charge in [-0.1, -0.05) is 12.1 Å². The predicted molar refractivity (Wildman–Crippen MR) is 94.3 cm³/mol. The van der Waals surface area contributed by atoms with Crippen molar-refractivity contribution in [2.24, 2.45) is 0 Å². The Morgan fingerprint density at radius 3 is 2.59 bits per heavy atom. The van der Waals surface area contributed by atoms with Gasteiger partial charge in [0.2, 0.25) is 0 Å². The van der Waals surface area contributed by atoms with E-state index in [4.69, 9.17) is 14.7 Å². The monoisotopic (exact) mass is 369 g/mol. The lowest BCUT2D eigenvalue weighted by Crippen LogP contribution is -2.30. The molecule has 0 bridgehead atoms. The van der Waals surface area contributed by atoms with E-state index in [1.807, 2.05) is 6.07 Å². The molecule has 2 rings (SSSR count). The van der Waals surface area contributed by atoms with Crippen molar-refractivity contribution in [1.82, 2.24) is 0 Å². The minimum Gasteiger partial charge on any atom is -0.490 e. The number of benzene rings is 2. The summed E-state index contributed by atoms with van der Waals surface area (Å²) in [5.74, 6) is -1.55. The molecule has 0 unspecified atom stereocenters. The summed E-state index contributed by atoms with van der Waals surface area (Å²) in [6.45, 7) is 1.35. The van der Waals surface area contributed by atoms with Gasteiger partial charge < -0.3 is 14.8 Å². The smallest absolute Gasteiger partial charge is 0.339 e. The number of nitriles is 1. The molecule has 9 nitrogen and oxygen atoms in total. The van der Waals surface area contributed by atoms with E-state index < -0.39 is 28.6 Å². The summed E-state index contributed by atoms with van der Waals surface area (Å²) in [4.78, 5) is 34.7. The second-order valence-electron chi connectivity index (χ2n) is 5.34. The normalized spacial score (nSPS) is 11.0. The van der Waals surface area contributed by atoms with E-state index in [9.17, 15) is 19.7 Å². The van der Waals surface area contributed by atoms with Crippen LogP contribution < -0.4 is 10.1 Å². The molecule has 0 aliphatic carbocycles. The van der Waals surface area contributed by atoms with Gasteiger partial charge in [-0.2, -0.15) is 5.26 Å². The average Bonchev–Trinajstić information content (AvgIpc) is 2.67. The topological polar surface area (TPSA) is 132 Å². The van der Waals surface area contributed by atoms with E-state index in [1.54, 1.807) is 12.1 Å². The highest BCUT2D eigenvalue weighted by Gasteiger charge is 2.23. The summed E-state index contributed by atoms with van der Waals surface area (Å²) in [6, 6.07) is 11.9. The number of carbonyl (C=O) groups excluding carboxylic acids is 2. The van der Waals surface area contributed by atoms with Gasteiger partial charge in [-0.3, -0.25) is 14.9 Å². The van der Waals surface area contributed by atoms with E-state index in [0.717, 1.165) is 6.07 Å². The molecule has 0 aromatic heterocycles. The molecular formula is C18H15N3O6. The fourth-order valence-corrected chi connectivity index (χ4v) is 2.17. The number of rotatable bonds is 6. The Labute approximate surface area is 154 Å². The number of hydrogen-bond donors (Lipinski definition) is 1. The number of carbonyl (C=O) groups is 2. The molecule has 1 N–H and O–H groups in total. The predicted octanol–water partition coefficient (Wildman–Crippen LogP) is 2.66. The standard InChI is InChI=1S/C18H15N3O6/c1-11(17(22)20-14-6-4-3-5-13(14)10-19)27-18(23)12-7-8-16(26-2)15(9-12)21(24)25/h3-9,11H,1-2H3,(H,20,22)/t11-/m0/s1. The molecule has 0 heterocycles. The Morgan fingerprint density at radius 1 is 1.26 bits per heavy atom. The third-order valence-corrected chi connectivity index (χ3v) is 3.57. The van der Waals surface area contributed by atoms with Gasteiger partial charge in [0.25, 0.3) is 5.91 Å². The maximum Gasteiger partial charge on any atom is 0.339 e. The average molecular weight is 369 g/mol. The van der Waals surface area contributed by atoms with E-state index >= 15 is 0 Å². The number of hydrogen-bond acceptors (Lipinski definition) is 7. The maximum absolute atomic E-state index is 12.2. The van der Waals surface area contributed by atoms with E-state index in [0.29, 0.717) is 0 Å². The third-order valence-electron chi connectivity index (χ3n) is 3.57. The molecule has 0 aliphatic heterocycles. The molecule has 0 aliphatic rings. The van der Waals surface area contributed by atoms with E-state index in [2.05, 4.69) is 5.32 Å². The lowest BCUT2D eigenvalue weighted by atomic mass is 10.2. The number of ether oxygens (including phenoxy) is 2. The highest BCUT2D eigenvalue weighted by Crippen LogP contribution is 2.28. The Morgan fingerprint density at radius 2 is 1.96 bits per heavy atom. The first kappa shape index (κ1) is 19.4. The van der Waals surface area contributed by atoms with Gasteiger partial charge in [-0.05, 0) is 31.2 Å². The molecule has 0 saturated heterocycles. The van der Waals surface area contributed by atoms with Crippen LogP contribution in [0.2, 0.25) is 0 Å². The first-order valence-electron chi connectivity index (χ1n) is 7.70. The fourth-order valence-electron chi connectivity index (χ4n) is 2.17. The number of nitro groups is 1. The van der Waals surface area contributed by atoms with Crippen molar-refractivity contribution in [3.05, 3.63) is 63.7 Å². The number of methoxy groups -OCH3 is 1. The second kappa shape index (κ2) is 8.44. The van der Waals surface area contributed by atoms with Crippen molar-refractivity contribution >= 4 is 23.3 Å². The van der Waals surface area contributed by atoms with Crippen LogP contribution in [0.25, 0.3) is 0 Å². The van der Waals surface area contributed by atoms with Gasteiger partial charge in [0, 0.05) is 6.07 Å². The van der Waals surface area contributed by atoms with Crippen LogP contribution in [0.3, 0.4) is 0 Å². The van der Waals surface area contributed by atoms with Crippen molar-refractivity contribution in [3.8, 4) is 11.8 Å². The summed E-state index contributed by atoms with van der Waals surface area (Å²) in [5, 5.41) is 22.6. The van der Waals surface area contributed by atoms with Crippen LogP contribution in [-0.4, -0.2) is 30.0 Å². The van der Waals surface area contributed by atoms with E-state index in [-0.39, 0.29) is 22.6 Å². The number of nitrogens with one attached hydrogen (secondary N) is 1. The van der Waals surface area contributed by atoms with Crippen LogP contribution in [0.5, 0.6) is 5.75 Å². The molecular weight excluding hydrogens is 354 g/mol. The first-order chi connectivity index (χ1) is 12.9. The fraction of sp³-hybridized carbons (Fsp3) is 0.167. The van der Waals surface area contributed by atoms with Crippen LogP contribution in [0, 0.1) is 21.4 Å². The molecule has 0 saturated carbocycles. The van der Waals surface area contributed by atoms with Crippen LogP contribution >= 0.6 is 0 Å². The van der Waals surface area contributed by atoms with Crippen molar-refractivity contribution in [2.75, 3.05) is 12.4 Å². The molecule has 27 heavy (non-hydrogen) atoms. The molecule has 0 spiro atoms. The van der Waals surface area contributed by atoms with Crippen LogP contribution in [0.4, 0.5) is 11.4 Å². The number of esters is 1. The van der Waals surface area contributed by atoms with Gasteiger partial charge in [0.05, 0.1) is 28.8 Å². The van der Waals surface area contributed by atoms with Crippen molar-refractivity contribution in [3.63, 3.8) is 0 Å². The Hall–Kier alpha value is -3.93. The number of anilines is 1. The molecule has 2 aromatic carbocycles. The highest BCUT2D eigenvalue weighted by molar-refractivity contribution is 5.98. The van der Waals surface area contributed by atoms with Crippen LogP contribution in [0.15, 0.2) is 42.5 Å². The summed E-state index contributed by atoms with van der Waals surface area (Å²) < 4.78 is 9.92. The molecule has 0 radical (unpaired) electrons. The van der Waals surface area contributed by atoms with Gasteiger partial charge >= 0.3 is 11.7 Å². The van der Waals surface area contributed by atoms with Crippen molar-refractivity contribution in [2.45, 2.75) is 13.0 Å². The largest absolute Gasteiger partial charge is 0.490 e. The number of amides is 1. The van der Waals surface area contributed by atoms with Crippen molar-refractivity contribution < 1.29 is 24.0 Å². The summed E-state index contributed by atoms with van der Waals surface area (Å²) in [7, 11) is 1.27. The Balaban J connectivity index is 2.11. The lowest BCUT2D eigenvalue weighted by Gasteiger charge is -2.14. The zero-order valence-corrected chi connectivity index (χ0v) is 14.5. The summed E-state index contributed by atoms with van der Waals surface area (Å²) >= 11 is 0. The van der Waals surface area contributed by atoms with Gasteiger partial charge in [-0.25, -0.2) is 4.79 Å². The zero-order valence-electron chi connectivity index (χ0n) is 14.5. The Bertz CT molecular complexity index is 935. The van der Waals surface area contributed by atoms with E-state index in [1.165, 1.54) is 38.3 Å². The van der Waals surface area contributed by atoms with Crippen LogP contribution in [0.1, 0.15) is 22.8 Å². The van der Waals surface area contributed by atoms with Gasteiger partial charge in [0.15, 0.2) is 11.9 Å². The molecule has 9 heteroatoms. The minimum absolute atomic E-state index is 0.00421. The highest BCUT2D eigenvalue weighted by atomic mass is 16.6. The SMILES string of the molecule is COc1ccc(C(=O)O[C@@H](C)C(=O)Nc2ccccc2C#N)cc1[N+](=O)[O-]. The van der Waals surface area contributed by atoms with Crippen LogP contribution in [-0.2, 0) is 9.53 Å². The third kappa shape index (κ3) is 4.58. The van der Waals surface area contributed by atoms with Gasteiger partial charge in [-0.15, -0.1) is 0 Å². The quantitative estimate of drug-likeness (QED) is 0.470. The number of nitrogens with zero attached hydrogens (tertiary/aromatic N) is 2. The molecule has 0 fully saturated rings. The summed E-state index contributed by atoms with van der Waals surface area (Å²) in [5.41, 5.74) is 0.0507. The molecule has 1 amide bonds. The molecule has 138 valence electrons. The first-order valence-corrected chi connectivity index (χ1v) is 7.70. The molecule has 1 atom stereocenters. The number of nitro benzene ring substituents is 1. The lowest BCUT2D eigenvalue weighted by molar-refractivity contribution is -0.385. The number of para-hydroxylation sites is 1. The van der Waals surface area contributed by atoms with Crippen molar-refractivity contribution in [1.29, 1.82) is 5.26 Å². The maximum atomic E-state index is 12.2. The Kier molecular flexibility index (Phi) is 6.06.